The first-order valence-electron chi connectivity index (χ1n) is 5.16. The molecule has 1 aromatic carbocycles. The third-order valence-electron chi connectivity index (χ3n) is 2.37. The third-order valence-corrected chi connectivity index (χ3v) is 3.03. The van der Waals surface area contributed by atoms with Crippen molar-refractivity contribution in [3.63, 3.8) is 0 Å². The minimum Gasteiger partial charge on any atom is -0.340 e. The molecule has 0 fully saturated rings. The van der Waals surface area contributed by atoms with Crippen LogP contribution in [0.4, 0.5) is 0 Å². The zero-order valence-electron chi connectivity index (χ0n) is 9.34. The Balaban J connectivity index is 2.37. The van der Waals surface area contributed by atoms with Crippen LogP contribution in [0.15, 0.2) is 28.9 Å². The van der Waals surface area contributed by atoms with Crippen molar-refractivity contribution >= 4 is 15.9 Å². The molecule has 0 saturated carbocycles. The number of aromatic amines is 1. The van der Waals surface area contributed by atoms with E-state index in [9.17, 15) is 0 Å². The molecule has 0 saturated heterocycles. The smallest absolute Gasteiger partial charge is 0.138 e. The topological polar surface area (TPSA) is 40.7 Å². The van der Waals surface area contributed by atoms with Gasteiger partial charge in [-0.1, -0.05) is 23.8 Å². The Labute approximate surface area is 103 Å². The van der Waals surface area contributed by atoms with Gasteiger partial charge in [-0.05, 0) is 36.0 Å². The summed E-state index contributed by atoms with van der Waals surface area (Å²) in [5.41, 5.74) is 3.42. The van der Waals surface area contributed by atoms with Gasteiger partial charge < -0.3 is 10.3 Å². The maximum absolute atomic E-state index is 4.46. The number of hydrogen-bond donors (Lipinski definition) is 2. The van der Waals surface area contributed by atoms with E-state index >= 15 is 0 Å². The molecular weight excluding hydrogens is 266 g/mol. The van der Waals surface area contributed by atoms with Crippen molar-refractivity contribution in [3.05, 3.63) is 40.1 Å². The normalized spacial score (nSPS) is 10.7. The number of benzene rings is 1. The summed E-state index contributed by atoms with van der Waals surface area (Å²) in [5.74, 6) is 0.904. The zero-order chi connectivity index (χ0) is 11.5. The van der Waals surface area contributed by atoms with Gasteiger partial charge in [0.25, 0.3) is 0 Å². The minimum atomic E-state index is 0.777. The van der Waals surface area contributed by atoms with Gasteiger partial charge in [-0.2, -0.15) is 0 Å². The summed E-state index contributed by atoms with van der Waals surface area (Å²) in [6, 6.07) is 8.30. The molecule has 16 heavy (non-hydrogen) atoms. The highest BCUT2D eigenvalue weighted by molar-refractivity contribution is 9.10. The van der Waals surface area contributed by atoms with Gasteiger partial charge in [0.1, 0.15) is 10.4 Å². The quantitative estimate of drug-likeness (QED) is 0.907. The number of aryl methyl sites for hydroxylation is 1. The maximum Gasteiger partial charge on any atom is 0.138 e. The number of nitrogens with one attached hydrogen (secondary N) is 2. The summed E-state index contributed by atoms with van der Waals surface area (Å²) < 4.78 is 0.873. The standard InChI is InChI=1S/C12H14BrN3/c1-8-4-3-5-9(6-8)12-15-10(7-14-2)11(13)16-12/h3-6,14H,7H2,1-2H3,(H,15,16). The second-order valence-electron chi connectivity index (χ2n) is 3.75. The summed E-state index contributed by atoms with van der Waals surface area (Å²) in [4.78, 5) is 7.77. The Morgan fingerprint density at radius 3 is 2.94 bits per heavy atom. The summed E-state index contributed by atoms with van der Waals surface area (Å²) in [6.45, 7) is 2.86. The minimum absolute atomic E-state index is 0.777. The molecule has 0 atom stereocenters. The molecule has 2 rings (SSSR count). The van der Waals surface area contributed by atoms with E-state index in [1.165, 1.54) is 5.56 Å². The Hall–Kier alpha value is -1.13. The summed E-state index contributed by atoms with van der Waals surface area (Å²) in [6.07, 6.45) is 0. The van der Waals surface area contributed by atoms with Crippen LogP contribution in [0, 0.1) is 6.92 Å². The fourth-order valence-electron chi connectivity index (χ4n) is 1.61. The Kier molecular flexibility index (Phi) is 3.41. The van der Waals surface area contributed by atoms with E-state index in [1.807, 2.05) is 13.1 Å². The molecule has 2 aromatic rings. The molecule has 84 valence electrons. The first-order valence-corrected chi connectivity index (χ1v) is 5.96. The molecule has 0 aliphatic carbocycles. The lowest BCUT2D eigenvalue weighted by Gasteiger charge is -1.98. The molecular formula is C12H14BrN3. The number of hydrogen-bond acceptors (Lipinski definition) is 2. The fourth-order valence-corrected chi connectivity index (χ4v) is 2.03. The van der Waals surface area contributed by atoms with E-state index in [1.54, 1.807) is 0 Å². The summed E-state index contributed by atoms with van der Waals surface area (Å²) in [5, 5.41) is 3.10. The fraction of sp³-hybridized carbons (Fsp3) is 0.250. The number of nitrogens with zero attached hydrogens (tertiary/aromatic N) is 1. The van der Waals surface area contributed by atoms with E-state index in [0.717, 1.165) is 28.2 Å². The Morgan fingerprint density at radius 1 is 1.44 bits per heavy atom. The SMILES string of the molecule is CNCc1[nH]c(-c2cccc(C)c2)nc1Br. The molecule has 0 unspecified atom stereocenters. The van der Waals surface area contributed by atoms with Crippen LogP contribution in [-0.2, 0) is 6.54 Å². The lowest BCUT2D eigenvalue weighted by atomic mass is 10.1. The van der Waals surface area contributed by atoms with Crippen LogP contribution in [0.5, 0.6) is 0 Å². The predicted octanol–water partition coefficient (Wildman–Crippen LogP) is 2.87. The van der Waals surface area contributed by atoms with Gasteiger partial charge in [0.2, 0.25) is 0 Å². The van der Waals surface area contributed by atoms with Crippen LogP contribution in [0.2, 0.25) is 0 Å². The first-order chi connectivity index (χ1) is 7.70. The molecule has 0 bridgehead atoms. The monoisotopic (exact) mass is 279 g/mol. The Morgan fingerprint density at radius 2 is 2.25 bits per heavy atom. The highest BCUT2D eigenvalue weighted by Gasteiger charge is 2.08. The van der Waals surface area contributed by atoms with Gasteiger partial charge in [-0.3, -0.25) is 0 Å². The molecule has 0 spiro atoms. The number of halogens is 1. The molecule has 0 aliphatic heterocycles. The van der Waals surface area contributed by atoms with Crippen LogP contribution in [0.1, 0.15) is 11.3 Å². The van der Waals surface area contributed by atoms with Crippen molar-refractivity contribution in [1.82, 2.24) is 15.3 Å². The van der Waals surface area contributed by atoms with Crippen molar-refractivity contribution in [2.24, 2.45) is 0 Å². The number of rotatable bonds is 3. The highest BCUT2D eigenvalue weighted by atomic mass is 79.9. The number of H-pyrrole nitrogens is 1. The molecule has 0 aliphatic rings. The van der Waals surface area contributed by atoms with E-state index in [-0.39, 0.29) is 0 Å². The van der Waals surface area contributed by atoms with Crippen molar-refractivity contribution < 1.29 is 0 Å². The third kappa shape index (κ3) is 2.33. The first kappa shape index (κ1) is 11.4. The molecule has 2 N–H and O–H groups in total. The number of imidazole rings is 1. The molecule has 0 radical (unpaired) electrons. The summed E-state index contributed by atoms with van der Waals surface area (Å²) in [7, 11) is 1.92. The van der Waals surface area contributed by atoms with Gasteiger partial charge in [0.15, 0.2) is 0 Å². The van der Waals surface area contributed by atoms with Gasteiger partial charge in [0.05, 0.1) is 5.69 Å². The van der Waals surface area contributed by atoms with Crippen LogP contribution in [0.25, 0.3) is 11.4 Å². The average Bonchev–Trinajstić information content (AvgIpc) is 2.61. The zero-order valence-corrected chi connectivity index (χ0v) is 10.9. The van der Waals surface area contributed by atoms with Crippen molar-refractivity contribution in [2.45, 2.75) is 13.5 Å². The molecule has 4 heteroatoms. The second-order valence-corrected chi connectivity index (χ2v) is 4.51. The van der Waals surface area contributed by atoms with Gasteiger partial charge in [-0.15, -0.1) is 0 Å². The molecule has 0 amide bonds. The van der Waals surface area contributed by atoms with Crippen LogP contribution < -0.4 is 5.32 Å². The van der Waals surface area contributed by atoms with Crippen LogP contribution >= 0.6 is 15.9 Å². The van der Waals surface area contributed by atoms with E-state index in [4.69, 9.17) is 0 Å². The van der Waals surface area contributed by atoms with E-state index in [0.29, 0.717) is 0 Å². The highest BCUT2D eigenvalue weighted by Crippen LogP contribution is 2.22. The van der Waals surface area contributed by atoms with Crippen molar-refractivity contribution in [2.75, 3.05) is 7.05 Å². The largest absolute Gasteiger partial charge is 0.340 e. The summed E-state index contributed by atoms with van der Waals surface area (Å²) >= 11 is 3.45. The van der Waals surface area contributed by atoms with E-state index in [2.05, 4.69) is 56.3 Å². The molecule has 1 heterocycles. The Bertz CT molecular complexity index is 491. The average molecular weight is 280 g/mol. The number of aromatic nitrogens is 2. The van der Waals surface area contributed by atoms with Crippen LogP contribution in [-0.4, -0.2) is 17.0 Å². The van der Waals surface area contributed by atoms with E-state index < -0.39 is 0 Å². The molecule has 1 aromatic heterocycles. The maximum atomic E-state index is 4.46. The van der Waals surface area contributed by atoms with Gasteiger partial charge in [-0.25, -0.2) is 4.98 Å². The van der Waals surface area contributed by atoms with Gasteiger partial charge in [0, 0.05) is 12.1 Å². The molecule has 3 nitrogen and oxygen atoms in total. The van der Waals surface area contributed by atoms with Crippen molar-refractivity contribution in [1.29, 1.82) is 0 Å². The second kappa shape index (κ2) is 4.80. The lowest BCUT2D eigenvalue weighted by Crippen LogP contribution is -2.05. The lowest BCUT2D eigenvalue weighted by molar-refractivity contribution is 0.793. The predicted molar refractivity (Wildman–Crippen MR) is 69.2 cm³/mol. The van der Waals surface area contributed by atoms with Crippen molar-refractivity contribution in [3.8, 4) is 11.4 Å². The van der Waals surface area contributed by atoms with Crippen LogP contribution in [0.3, 0.4) is 0 Å². The van der Waals surface area contributed by atoms with Gasteiger partial charge >= 0.3 is 0 Å².